The van der Waals surface area contributed by atoms with Gasteiger partial charge in [0.15, 0.2) is 0 Å². The van der Waals surface area contributed by atoms with Gasteiger partial charge in [0.1, 0.15) is 17.1 Å². The molecule has 27 heavy (non-hydrogen) atoms. The molecule has 142 valence electrons. The molecular formula is C20H22N2O5. The molecule has 3 rings (SSSR count). The Hall–Kier alpha value is -3.22. The van der Waals surface area contributed by atoms with E-state index in [0.29, 0.717) is 34.9 Å². The molecular weight excluding hydrogens is 348 g/mol. The van der Waals surface area contributed by atoms with E-state index < -0.39 is 11.9 Å². The second-order valence-corrected chi connectivity index (χ2v) is 6.09. The third-order valence-electron chi connectivity index (χ3n) is 4.25. The maximum absolute atomic E-state index is 12.7. The molecule has 2 aromatic rings. The molecule has 0 saturated heterocycles. The lowest BCUT2D eigenvalue weighted by Crippen LogP contribution is -2.32. The van der Waals surface area contributed by atoms with Crippen molar-refractivity contribution in [2.24, 2.45) is 5.73 Å². The Balaban J connectivity index is 2.19. The molecule has 3 N–H and O–H groups in total. The molecule has 0 spiro atoms. The van der Waals surface area contributed by atoms with Crippen molar-refractivity contribution < 1.29 is 19.0 Å². The lowest BCUT2D eigenvalue weighted by atomic mass is 9.83. The fraction of sp³-hybridized carbons (Fsp3) is 0.300. The molecule has 0 saturated carbocycles. The zero-order valence-corrected chi connectivity index (χ0v) is 15.5. The zero-order valence-electron chi connectivity index (χ0n) is 15.5. The van der Waals surface area contributed by atoms with Gasteiger partial charge in [-0.15, -0.1) is 0 Å². The lowest BCUT2D eigenvalue weighted by Gasteiger charge is -2.28. The summed E-state index contributed by atoms with van der Waals surface area (Å²) in [6.07, 6.45) is 0. The van der Waals surface area contributed by atoms with Crippen molar-refractivity contribution in [1.29, 1.82) is 0 Å². The number of benzene rings is 1. The summed E-state index contributed by atoms with van der Waals surface area (Å²) in [5.74, 6) is -0.348. The summed E-state index contributed by atoms with van der Waals surface area (Å²) < 4.78 is 16.2. The summed E-state index contributed by atoms with van der Waals surface area (Å²) >= 11 is 0. The Labute approximate surface area is 156 Å². The summed E-state index contributed by atoms with van der Waals surface area (Å²) in [4.78, 5) is 28.0. The number of fused-ring (bicyclic) bond motifs is 1. The number of H-pyrrole nitrogens is 1. The van der Waals surface area contributed by atoms with Crippen molar-refractivity contribution in [2.75, 3.05) is 13.2 Å². The fourth-order valence-corrected chi connectivity index (χ4v) is 3.17. The highest BCUT2D eigenvalue weighted by Crippen LogP contribution is 2.41. The molecule has 0 bridgehead atoms. The number of carbonyl (C=O) groups excluding carboxylic acids is 1. The molecule has 0 fully saturated rings. The first-order valence-electron chi connectivity index (χ1n) is 8.77. The van der Waals surface area contributed by atoms with Crippen LogP contribution in [0.15, 0.2) is 46.6 Å². The summed E-state index contributed by atoms with van der Waals surface area (Å²) in [6, 6.07) is 8.87. The van der Waals surface area contributed by atoms with Crippen LogP contribution in [0.3, 0.4) is 0 Å². The third-order valence-corrected chi connectivity index (χ3v) is 4.25. The van der Waals surface area contributed by atoms with E-state index in [4.69, 9.17) is 19.9 Å². The van der Waals surface area contributed by atoms with E-state index in [1.165, 1.54) is 0 Å². The minimum Gasteiger partial charge on any atom is -0.494 e. The van der Waals surface area contributed by atoms with Crippen LogP contribution in [-0.2, 0) is 9.53 Å². The molecule has 1 aromatic heterocycles. The van der Waals surface area contributed by atoms with Crippen molar-refractivity contribution >= 4 is 5.97 Å². The van der Waals surface area contributed by atoms with Crippen molar-refractivity contribution in [3.8, 4) is 11.5 Å². The van der Waals surface area contributed by atoms with Gasteiger partial charge >= 0.3 is 5.97 Å². The van der Waals surface area contributed by atoms with E-state index in [9.17, 15) is 9.59 Å². The summed E-state index contributed by atoms with van der Waals surface area (Å²) in [5, 5.41) is 0. The van der Waals surface area contributed by atoms with Crippen LogP contribution >= 0.6 is 0 Å². The fourth-order valence-electron chi connectivity index (χ4n) is 3.17. The maximum Gasteiger partial charge on any atom is 0.340 e. The van der Waals surface area contributed by atoms with E-state index in [0.717, 1.165) is 0 Å². The number of ether oxygens (including phenoxy) is 3. The Morgan fingerprint density at radius 2 is 1.93 bits per heavy atom. The van der Waals surface area contributed by atoms with Gasteiger partial charge in [0.25, 0.3) is 5.56 Å². The second-order valence-electron chi connectivity index (χ2n) is 6.09. The van der Waals surface area contributed by atoms with Gasteiger partial charge in [0.05, 0.1) is 24.7 Å². The van der Waals surface area contributed by atoms with Crippen LogP contribution in [0.2, 0.25) is 0 Å². The van der Waals surface area contributed by atoms with Gasteiger partial charge in [-0.2, -0.15) is 0 Å². The van der Waals surface area contributed by atoms with Crippen LogP contribution in [-0.4, -0.2) is 24.2 Å². The van der Waals surface area contributed by atoms with Crippen LogP contribution in [0.1, 0.15) is 36.6 Å². The first kappa shape index (κ1) is 18.6. The van der Waals surface area contributed by atoms with Gasteiger partial charge < -0.3 is 24.9 Å². The van der Waals surface area contributed by atoms with E-state index >= 15 is 0 Å². The van der Waals surface area contributed by atoms with Crippen molar-refractivity contribution in [3.63, 3.8) is 0 Å². The molecule has 1 atom stereocenters. The standard InChI is InChI=1S/C20H22N2O5/c1-4-25-13-8-6-12(7-9-13)15-16-14(10-11(3)22-19(16)23)27-18(21)17(15)20(24)26-5-2/h6-10,15H,4-5,21H2,1-3H3,(H,22,23). The molecule has 7 heteroatoms. The number of nitrogens with two attached hydrogens (primary N) is 1. The van der Waals surface area contributed by atoms with Crippen LogP contribution in [0.5, 0.6) is 11.5 Å². The number of pyridine rings is 1. The van der Waals surface area contributed by atoms with Crippen molar-refractivity contribution in [2.45, 2.75) is 26.7 Å². The first-order valence-corrected chi connectivity index (χ1v) is 8.77. The minimum atomic E-state index is -0.701. The number of hydrogen-bond acceptors (Lipinski definition) is 6. The van der Waals surface area contributed by atoms with E-state index in [1.807, 2.05) is 6.92 Å². The zero-order chi connectivity index (χ0) is 19.6. The quantitative estimate of drug-likeness (QED) is 0.783. The van der Waals surface area contributed by atoms with E-state index in [2.05, 4.69) is 4.98 Å². The number of rotatable bonds is 5. The predicted molar refractivity (Wildman–Crippen MR) is 99.7 cm³/mol. The minimum absolute atomic E-state index is 0.0650. The average Bonchev–Trinajstić information content (AvgIpc) is 2.61. The highest BCUT2D eigenvalue weighted by atomic mass is 16.5. The number of aryl methyl sites for hydroxylation is 1. The van der Waals surface area contributed by atoms with Crippen LogP contribution < -0.4 is 20.8 Å². The largest absolute Gasteiger partial charge is 0.494 e. The average molecular weight is 370 g/mol. The maximum atomic E-state index is 12.7. The second kappa shape index (κ2) is 7.57. The predicted octanol–water partition coefficient (Wildman–Crippen LogP) is 2.34. The highest BCUT2D eigenvalue weighted by molar-refractivity contribution is 5.92. The number of hydrogen-bond donors (Lipinski definition) is 2. The molecule has 1 aromatic carbocycles. The Morgan fingerprint density at radius 3 is 2.56 bits per heavy atom. The molecule has 1 aliphatic rings. The van der Waals surface area contributed by atoms with Crippen molar-refractivity contribution in [3.05, 3.63) is 69.0 Å². The molecule has 1 unspecified atom stereocenters. The first-order chi connectivity index (χ1) is 13.0. The highest BCUT2D eigenvalue weighted by Gasteiger charge is 2.37. The lowest BCUT2D eigenvalue weighted by molar-refractivity contribution is -0.139. The van der Waals surface area contributed by atoms with Gasteiger partial charge in [-0.25, -0.2) is 4.79 Å². The molecule has 2 heterocycles. The Bertz CT molecular complexity index is 944. The SMILES string of the molecule is CCOC(=O)C1=C(N)Oc2cc(C)[nH]c(=O)c2C1c1ccc(OCC)cc1. The monoisotopic (exact) mass is 370 g/mol. The van der Waals surface area contributed by atoms with Crippen LogP contribution in [0.4, 0.5) is 0 Å². The summed E-state index contributed by atoms with van der Waals surface area (Å²) in [7, 11) is 0. The van der Waals surface area contributed by atoms with Gasteiger partial charge in [0, 0.05) is 11.8 Å². The number of carbonyl (C=O) groups is 1. The van der Waals surface area contributed by atoms with Gasteiger partial charge in [-0.3, -0.25) is 4.79 Å². The van der Waals surface area contributed by atoms with Crippen LogP contribution in [0, 0.1) is 6.92 Å². The molecule has 0 radical (unpaired) electrons. The van der Waals surface area contributed by atoms with Crippen molar-refractivity contribution in [1.82, 2.24) is 4.98 Å². The summed E-state index contributed by atoms with van der Waals surface area (Å²) in [6.45, 7) is 6.07. The van der Waals surface area contributed by atoms with Gasteiger partial charge in [-0.1, -0.05) is 12.1 Å². The smallest absolute Gasteiger partial charge is 0.340 e. The number of esters is 1. The molecule has 1 aliphatic heterocycles. The number of nitrogens with one attached hydrogen (secondary N) is 1. The molecule has 0 aliphatic carbocycles. The normalized spacial score (nSPS) is 15.7. The Kier molecular flexibility index (Phi) is 5.21. The van der Waals surface area contributed by atoms with E-state index in [-0.39, 0.29) is 23.6 Å². The van der Waals surface area contributed by atoms with Gasteiger partial charge in [-0.05, 0) is 38.5 Å². The summed E-state index contributed by atoms with van der Waals surface area (Å²) in [5.41, 5.74) is 7.50. The van der Waals surface area contributed by atoms with Crippen LogP contribution in [0.25, 0.3) is 0 Å². The number of aromatic nitrogens is 1. The topological polar surface area (TPSA) is 104 Å². The molecule has 0 amide bonds. The number of aromatic amines is 1. The molecule has 7 nitrogen and oxygen atoms in total. The third kappa shape index (κ3) is 3.53. The van der Waals surface area contributed by atoms with Gasteiger partial charge in [0.2, 0.25) is 5.88 Å². The Morgan fingerprint density at radius 1 is 1.22 bits per heavy atom. The van der Waals surface area contributed by atoms with E-state index in [1.54, 1.807) is 44.2 Å².